The highest BCUT2D eigenvalue weighted by atomic mass is 16.2. The molecule has 0 atom stereocenters. The van der Waals surface area contributed by atoms with E-state index in [-0.39, 0.29) is 36.0 Å². The normalized spacial score (nSPS) is 20.0. The maximum Gasteiger partial charge on any atom is 0.242 e. The molecule has 0 bridgehead atoms. The molecular weight excluding hydrogens is 642 g/mol. The van der Waals surface area contributed by atoms with Gasteiger partial charge in [0.25, 0.3) is 0 Å². The fourth-order valence-corrected chi connectivity index (χ4v) is 7.87. The smallest absolute Gasteiger partial charge is 0.242 e. The molecule has 2 N–H and O–H groups in total. The molecule has 4 aromatic rings. The Kier molecular flexibility index (Phi) is 9.94. The highest BCUT2D eigenvalue weighted by Gasteiger charge is 2.45. The van der Waals surface area contributed by atoms with Gasteiger partial charge in [-0.15, -0.1) is 0 Å². The van der Waals surface area contributed by atoms with Gasteiger partial charge in [-0.1, -0.05) is 30.3 Å². The van der Waals surface area contributed by atoms with E-state index in [0.29, 0.717) is 36.1 Å². The number of anilines is 3. The van der Waals surface area contributed by atoms with Gasteiger partial charge in [0.05, 0.1) is 18.9 Å². The number of piperidine rings is 1. The van der Waals surface area contributed by atoms with Gasteiger partial charge in [0, 0.05) is 81.3 Å². The van der Waals surface area contributed by atoms with E-state index in [4.69, 9.17) is 9.97 Å². The van der Waals surface area contributed by atoms with Crippen molar-refractivity contribution in [3.05, 3.63) is 78.4 Å². The molecule has 2 amide bonds. The largest absolute Gasteiger partial charge is 0.355 e. The van der Waals surface area contributed by atoms with Crippen LogP contribution in [0.4, 0.5) is 17.6 Å². The van der Waals surface area contributed by atoms with E-state index >= 15 is 0 Å². The lowest BCUT2D eigenvalue weighted by molar-refractivity contribution is -0.130. The van der Waals surface area contributed by atoms with Crippen LogP contribution in [0.2, 0.25) is 0 Å². The molecule has 2 saturated heterocycles. The highest BCUT2D eigenvalue weighted by Crippen LogP contribution is 2.39. The second-order valence-electron chi connectivity index (χ2n) is 14.0. The Morgan fingerprint density at radius 2 is 1.76 bits per heavy atom. The monoisotopic (exact) mass is 687 g/mol. The molecule has 7 rings (SSSR count). The molecular formula is C38H45N11O2. The van der Waals surface area contributed by atoms with Crippen molar-refractivity contribution in [1.29, 1.82) is 5.26 Å². The summed E-state index contributed by atoms with van der Waals surface area (Å²) in [5, 5.41) is 21.0. The number of nitrogens with zero attached hydrogens (tertiary/aromatic N) is 9. The summed E-state index contributed by atoms with van der Waals surface area (Å²) in [5.74, 6) is 1.99. The molecule has 51 heavy (non-hydrogen) atoms. The zero-order chi connectivity index (χ0) is 35.4. The molecule has 5 heterocycles. The number of carbonyl (C=O) groups is 2. The number of hydrogen-bond acceptors (Lipinski definition) is 10. The first kappa shape index (κ1) is 34.1. The maximum atomic E-state index is 13.9. The van der Waals surface area contributed by atoms with Crippen molar-refractivity contribution in [1.82, 2.24) is 34.9 Å². The summed E-state index contributed by atoms with van der Waals surface area (Å²) in [7, 11) is 3.80. The lowest BCUT2D eigenvalue weighted by Gasteiger charge is -2.44. The van der Waals surface area contributed by atoms with Crippen LogP contribution in [0, 0.1) is 11.3 Å². The molecule has 2 aliphatic heterocycles. The fourth-order valence-electron chi connectivity index (χ4n) is 7.87. The fraction of sp³-hybridized carbons (Fsp3) is 0.447. The third-order valence-corrected chi connectivity index (χ3v) is 10.9. The molecule has 3 aromatic heterocycles. The van der Waals surface area contributed by atoms with Crippen molar-refractivity contribution >= 4 is 29.4 Å². The van der Waals surface area contributed by atoms with Crippen LogP contribution >= 0.6 is 0 Å². The van der Waals surface area contributed by atoms with Crippen LogP contribution in [0.25, 0.3) is 11.1 Å². The molecule has 0 radical (unpaired) electrons. The number of benzene rings is 1. The third kappa shape index (κ3) is 7.42. The zero-order valence-electron chi connectivity index (χ0n) is 29.3. The zero-order valence-corrected chi connectivity index (χ0v) is 29.3. The number of nitrogens with one attached hydrogen (secondary N) is 2. The van der Waals surface area contributed by atoms with Crippen LogP contribution < -0.4 is 20.4 Å². The number of aromatic nitrogens is 5. The van der Waals surface area contributed by atoms with E-state index < -0.39 is 0 Å². The molecule has 13 nitrogen and oxygen atoms in total. The van der Waals surface area contributed by atoms with Gasteiger partial charge >= 0.3 is 0 Å². The molecule has 264 valence electrons. The van der Waals surface area contributed by atoms with Crippen molar-refractivity contribution < 1.29 is 9.59 Å². The average Bonchev–Trinajstić information content (AvgIpc) is 3.72. The van der Waals surface area contributed by atoms with E-state index in [0.717, 1.165) is 74.7 Å². The average molecular weight is 688 g/mol. The first-order valence-electron chi connectivity index (χ1n) is 17.9. The summed E-state index contributed by atoms with van der Waals surface area (Å²) in [6.07, 6.45) is 13.6. The molecule has 3 fully saturated rings. The Morgan fingerprint density at radius 3 is 2.41 bits per heavy atom. The van der Waals surface area contributed by atoms with Crippen molar-refractivity contribution in [2.45, 2.75) is 75.5 Å². The van der Waals surface area contributed by atoms with Crippen molar-refractivity contribution in [2.24, 2.45) is 7.05 Å². The van der Waals surface area contributed by atoms with E-state index in [2.05, 4.69) is 31.7 Å². The number of rotatable bonds is 10. The van der Waals surface area contributed by atoms with Crippen molar-refractivity contribution in [3.8, 4) is 17.2 Å². The molecule has 1 aliphatic carbocycles. The quantitative estimate of drug-likeness (QED) is 0.248. The van der Waals surface area contributed by atoms with Crippen LogP contribution in [0.5, 0.6) is 0 Å². The Hall–Kier alpha value is -5.35. The topological polar surface area (TPSA) is 148 Å². The van der Waals surface area contributed by atoms with Crippen LogP contribution in [0.15, 0.2) is 67.3 Å². The van der Waals surface area contributed by atoms with E-state index in [9.17, 15) is 14.9 Å². The number of carbonyl (C=O) groups excluding carboxylic acids is 2. The van der Waals surface area contributed by atoms with Gasteiger partial charge in [-0.05, 0) is 62.6 Å². The van der Waals surface area contributed by atoms with Crippen LogP contribution in [0.1, 0.15) is 62.5 Å². The molecule has 13 heteroatoms. The number of aryl methyl sites for hydroxylation is 1. The summed E-state index contributed by atoms with van der Waals surface area (Å²) in [5.41, 5.74) is 3.41. The summed E-state index contributed by atoms with van der Waals surface area (Å²) < 4.78 is 1.76. The molecule has 1 aromatic carbocycles. The number of hydrogen-bond donors (Lipinski definition) is 2. The van der Waals surface area contributed by atoms with E-state index in [1.807, 2.05) is 85.0 Å². The summed E-state index contributed by atoms with van der Waals surface area (Å²) in [4.78, 5) is 46.2. The summed E-state index contributed by atoms with van der Waals surface area (Å²) in [6, 6.07) is 16.4. The standard InChI is InChI=1S/C38H45N11O2/c1-46-26-30(24-43-46)28-8-13-33(41-22-28)49(35(51)25-40-21-27-6-4-3-5-7-27)32-11-9-31(10-12-32)44-37-42-23-29(20-39)36(45-37)48-18-16-38(17-19-48)15-14-34(50)47(38)2/h3-8,13,22-24,26,31-32,40H,9-12,14-19,21,25H2,1-2H3,(H,42,44,45). The Bertz CT molecular complexity index is 1870. The minimum Gasteiger partial charge on any atom is -0.355 e. The van der Waals surface area contributed by atoms with Gasteiger partial charge in [-0.2, -0.15) is 15.3 Å². The molecule has 3 aliphatic rings. The third-order valence-electron chi connectivity index (χ3n) is 10.9. The number of pyridine rings is 1. The van der Waals surface area contributed by atoms with Gasteiger partial charge in [-0.25, -0.2) is 9.97 Å². The second-order valence-corrected chi connectivity index (χ2v) is 14.0. The van der Waals surface area contributed by atoms with Crippen molar-refractivity contribution in [3.63, 3.8) is 0 Å². The van der Waals surface area contributed by atoms with Crippen LogP contribution in [0.3, 0.4) is 0 Å². The Balaban J connectivity index is 1.01. The lowest BCUT2D eigenvalue weighted by atomic mass is 9.85. The van der Waals surface area contributed by atoms with Gasteiger partial charge < -0.3 is 20.4 Å². The minimum absolute atomic E-state index is 0.00969. The first-order chi connectivity index (χ1) is 24.8. The van der Waals surface area contributed by atoms with Crippen LogP contribution in [-0.4, -0.2) is 85.8 Å². The minimum atomic E-state index is -0.0860. The molecule has 0 unspecified atom stereocenters. The predicted molar refractivity (Wildman–Crippen MR) is 195 cm³/mol. The van der Waals surface area contributed by atoms with Gasteiger partial charge in [-0.3, -0.25) is 19.2 Å². The van der Waals surface area contributed by atoms with Crippen LogP contribution in [-0.2, 0) is 23.2 Å². The van der Waals surface area contributed by atoms with Gasteiger partial charge in [0.2, 0.25) is 17.8 Å². The Morgan fingerprint density at radius 1 is 0.980 bits per heavy atom. The van der Waals surface area contributed by atoms with Gasteiger partial charge in [0.15, 0.2) is 5.82 Å². The second kappa shape index (κ2) is 14.9. The van der Waals surface area contributed by atoms with Crippen molar-refractivity contribution in [2.75, 3.05) is 41.8 Å². The summed E-state index contributed by atoms with van der Waals surface area (Å²) >= 11 is 0. The summed E-state index contributed by atoms with van der Waals surface area (Å²) in [6.45, 7) is 2.27. The highest BCUT2D eigenvalue weighted by molar-refractivity contribution is 5.94. The van der Waals surface area contributed by atoms with E-state index in [1.165, 1.54) is 0 Å². The lowest BCUT2D eigenvalue weighted by Crippen LogP contribution is -2.52. The predicted octanol–water partition coefficient (Wildman–Crippen LogP) is 4.28. The van der Waals surface area contributed by atoms with Gasteiger partial charge in [0.1, 0.15) is 17.5 Å². The Labute approximate surface area is 298 Å². The van der Waals surface area contributed by atoms with E-state index in [1.54, 1.807) is 10.9 Å². The molecule has 1 saturated carbocycles. The number of amides is 2. The first-order valence-corrected chi connectivity index (χ1v) is 17.9. The number of likely N-dealkylation sites (tertiary alicyclic amines) is 1. The number of nitriles is 1. The molecule has 1 spiro atoms. The maximum absolute atomic E-state index is 13.9. The SMILES string of the molecule is CN1C(=O)CCC12CCN(c1nc(NC3CCC(N(C(=O)CNCc4ccccc4)c4ccc(-c5cnn(C)c5)cn4)CC3)ncc1C#N)CC2.